The lowest BCUT2D eigenvalue weighted by Gasteiger charge is -2.28. The van der Waals surface area contributed by atoms with Crippen LogP contribution < -0.4 is 4.74 Å². The number of ether oxygens (including phenoxy) is 1. The quantitative estimate of drug-likeness (QED) is 0.743. The smallest absolute Gasteiger partial charge is 0.155 e. The molecule has 1 aliphatic rings. The van der Waals surface area contributed by atoms with Gasteiger partial charge in [-0.3, -0.25) is 14.3 Å². The molecule has 0 radical (unpaired) electrons. The Kier molecular flexibility index (Phi) is 3.50. The summed E-state index contributed by atoms with van der Waals surface area (Å²) in [5.74, 6) is 1.03. The van der Waals surface area contributed by atoms with Gasteiger partial charge >= 0.3 is 0 Å². The van der Waals surface area contributed by atoms with Crippen molar-refractivity contribution in [1.29, 1.82) is 0 Å². The van der Waals surface area contributed by atoms with Crippen LogP contribution >= 0.6 is 0 Å². The van der Waals surface area contributed by atoms with Gasteiger partial charge in [-0.05, 0) is 25.6 Å². The van der Waals surface area contributed by atoms with Crippen LogP contribution in [0.1, 0.15) is 18.2 Å². The molecule has 23 heavy (non-hydrogen) atoms. The Morgan fingerprint density at radius 3 is 3.09 bits per heavy atom. The average Bonchev–Trinajstić information content (AvgIpc) is 3.18. The van der Waals surface area contributed by atoms with Gasteiger partial charge in [0, 0.05) is 31.4 Å². The van der Waals surface area contributed by atoms with Gasteiger partial charge in [-0.1, -0.05) is 18.2 Å². The highest BCUT2D eigenvalue weighted by Gasteiger charge is 2.29. The lowest BCUT2D eigenvalue weighted by molar-refractivity contribution is 0.104. The highest BCUT2D eigenvalue weighted by molar-refractivity contribution is 5.38. The van der Waals surface area contributed by atoms with Crippen LogP contribution in [-0.2, 0) is 13.0 Å². The zero-order valence-corrected chi connectivity index (χ0v) is 13.4. The van der Waals surface area contributed by atoms with E-state index in [1.54, 1.807) is 12.4 Å². The summed E-state index contributed by atoms with van der Waals surface area (Å²) in [7, 11) is 2.14. The molecule has 0 spiro atoms. The van der Waals surface area contributed by atoms with Crippen molar-refractivity contribution in [3.63, 3.8) is 0 Å². The number of rotatable bonds is 4. The van der Waals surface area contributed by atoms with Crippen LogP contribution in [0.4, 0.5) is 0 Å². The summed E-state index contributed by atoms with van der Waals surface area (Å²) in [6, 6.07) is 8.63. The van der Waals surface area contributed by atoms with Crippen molar-refractivity contribution in [3.05, 3.63) is 60.3 Å². The average molecular weight is 308 g/mol. The molecule has 0 aliphatic carbocycles. The van der Waals surface area contributed by atoms with E-state index in [0.717, 1.165) is 30.1 Å². The molecule has 0 saturated heterocycles. The Balaban J connectivity index is 1.48. The fraction of sp³-hybridized carbons (Fsp3) is 0.333. The standard InChI is InChI=1S/C18H20N4O/c1-13(17-9-14-5-3-4-6-16(14)23-17)21(2)12-15-10-20-18-11-19-7-8-22(15)18/h3-8,10-11,13,17H,9,12H2,1-2H3/t13-,17-/m1/s1. The molecular formula is C18H20N4O. The van der Waals surface area contributed by atoms with Crippen molar-refractivity contribution in [2.45, 2.75) is 32.0 Å². The molecule has 2 aromatic heterocycles. The molecule has 0 bridgehead atoms. The Morgan fingerprint density at radius 1 is 1.35 bits per heavy atom. The number of benzene rings is 1. The summed E-state index contributed by atoms with van der Waals surface area (Å²) in [5.41, 5.74) is 3.35. The van der Waals surface area contributed by atoms with Crippen LogP contribution in [0.25, 0.3) is 5.65 Å². The van der Waals surface area contributed by atoms with Crippen LogP contribution in [0.3, 0.4) is 0 Å². The van der Waals surface area contributed by atoms with Gasteiger partial charge in [0.1, 0.15) is 11.9 Å². The molecule has 1 aliphatic heterocycles. The van der Waals surface area contributed by atoms with E-state index in [2.05, 4.69) is 51.4 Å². The van der Waals surface area contributed by atoms with Gasteiger partial charge in [-0.15, -0.1) is 0 Å². The third-order valence-electron chi connectivity index (χ3n) is 4.71. The first-order valence-corrected chi connectivity index (χ1v) is 7.93. The highest BCUT2D eigenvalue weighted by Crippen LogP contribution is 2.30. The number of hydrogen-bond acceptors (Lipinski definition) is 4. The summed E-state index contributed by atoms with van der Waals surface area (Å²) < 4.78 is 8.21. The molecule has 118 valence electrons. The molecule has 5 nitrogen and oxygen atoms in total. The monoisotopic (exact) mass is 308 g/mol. The molecule has 3 heterocycles. The predicted octanol–water partition coefficient (Wildman–Crippen LogP) is 2.55. The maximum atomic E-state index is 6.12. The molecule has 0 saturated carbocycles. The molecule has 0 N–H and O–H groups in total. The number of nitrogens with zero attached hydrogens (tertiary/aromatic N) is 4. The van der Waals surface area contributed by atoms with Gasteiger partial charge in [0.25, 0.3) is 0 Å². The van der Waals surface area contributed by atoms with Gasteiger partial charge in [0.05, 0.1) is 18.1 Å². The summed E-state index contributed by atoms with van der Waals surface area (Å²) in [5, 5.41) is 0. The minimum absolute atomic E-state index is 0.193. The van der Waals surface area contributed by atoms with Crippen molar-refractivity contribution in [2.75, 3.05) is 7.05 Å². The SMILES string of the molecule is C[C@H]([C@H]1Cc2ccccc2O1)N(C)Cc1cnc2cnccn12. The fourth-order valence-electron chi connectivity index (χ4n) is 3.17. The molecule has 1 aromatic carbocycles. The van der Waals surface area contributed by atoms with Crippen LogP contribution in [0.15, 0.2) is 49.1 Å². The predicted molar refractivity (Wildman–Crippen MR) is 88.5 cm³/mol. The van der Waals surface area contributed by atoms with Crippen LogP contribution in [0.2, 0.25) is 0 Å². The fourth-order valence-corrected chi connectivity index (χ4v) is 3.17. The maximum absolute atomic E-state index is 6.12. The molecule has 5 heteroatoms. The Labute approximate surface area is 135 Å². The Bertz CT molecular complexity index is 804. The molecule has 3 aromatic rings. The van der Waals surface area contributed by atoms with Gasteiger partial charge in [-0.25, -0.2) is 4.98 Å². The van der Waals surface area contributed by atoms with Gasteiger partial charge in [0.2, 0.25) is 0 Å². The van der Waals surface area contributed by atoms with E-state index in [-0.39, 0.29) is 6.10 Å². The maximum Gasteiger partial charge on any atom is 0.155 e. The van der Waals surface area contributed by atoms with Gasteiger partial charge < -0.3 is 4.74 Å². The largest absolute Gasteiger partial charge is 0.488 e. The first kappa shape index (κ1) is 14.2. The van der Waals surface area contributed by atoms with Gasteiger partial charge in [-0.2, -0.15) is 0 Å². The van der Waals surface area contributed by atoms with Crippen molar-refractivity contribution in [3.8, 4) is 5.75 Å². The molecule has 0 fully saturated rings. The van der Waals surface area contributed by atoms with E-state index in [4.69, 9.17) is 4.74 Å². The first-order chi connectivity index (χ1) is 11.2. The Morgan fingerprint density at radius 2 is 2.22 bits per heavy atom. The van der Waals surface area contributed by atoms with Crippen molar-refractivity contribution in [2.24, 2.45) is 0 Å². The number of likely N-dealkylation sites (N-methyl/N-ethyl adjacent to an activating group) is 1. The third-order valence-corrected chi connectivity index (χ3v) is 4.71. The van der Waals surface area contributed by atoms with Gasteiger partial charge in [0.15, 0.2) is 5.65 Å². The number of aromatic nitrogens is 3. The zero-order valence-electron chi connectivity index (χ0n) is 13.4. The van der Waals surface area contributed by atoms with E-state index in [1.165, 1.54) is 5.56 Å². The summed E-state index contributed by atoms with van der Waals surface area (Å²) in [6.07, 6.45) is 8.61. The lowest BCUT2D eigenvalue weighted by Crippen LogP contribution is -2.41. The number of fused-ring (bicyclic) bond motifs is 2. The van der Waals surface area contributed by atoms with Crippen LogP contribution in [0, 0.1) is 0 Å². The second kappa shape index (κ2) is 5.66. The summed E-state index contributed by atoms with van der Waals surface area (Å²) in [6.45, 7) is 3.05. The molecular weight excluding hydrogens is 288 g/mol. The van der Waals surface area contributed by atoms with Crippen LogP contribution in [-0.4, -0.2) is 38.5 Å². The van der Waals surface area contributed by atoms with E-state index in [9.17, 15) is 0 Å². The second-order valence-corrected chi connectivity index (χ2v) is 6.18. The molecule has 4 rings (SSSR count). The normalized spacial score (nSPS) is 18.1. The topological polar surface area (TPSA) is 42.7 Å². The minimum Gasteiger partial charge on any atom is -0.488 e. The van der Waals surface area contributed by atoms with Crippen molar-refractivity contribution >= 4 is 5.65 Å². The molecule has 2 atom stereocenters. The first-order valence-electron chi connectivity index (χ1n) is 7.93. The van der Waals surface area contributed by atoms with Crippen molar-refractivity contribution in [1.82, 2.24) is 19.3 Å². The number of imidazole rings is 1. The minimum atomic E-state index is 0.193. The van der Waals surface area contributed by atoms with Crippen molar-refractivity contribution < 1.29 is 4.74 Å². The highest BCUT2D eigenvalue weighted by atomic mass is 16.5. The second-order valence-electron chi connectivity index (χ2n) is 6.18. The zero-order chi connectivity index (χ0) is 15.8. The summed E-state index contributed by atoms with van der Waals surface area (Å²) >= 11 is 0. The van der Waals surface area contributed by atoms with E-state index >= 15 is 0 Å². The summed E-state index contributed by atoms with van der Waals surface area (Å²) in [4.78, 5) is 10.8. The van der Waals surface area contributed by atoms with Crippen LogP contribution in [0.5, 0.6) is 5.75 Å². The lowest BCUT2D eigenvalue weighted by atomic mass is 10.0. The number of hydrogen-bond donors (Lipinski definition) is 0. The van der Waals surface area contributed by atoms with E-state index < -0.39 is 0 Å². The van der Waals surface area contributed by atoms with E-state index in [0.29, 0.717) is 6.04 Å². The third kappa shape index (κ3) is 2.57. The Hall–Kier alpha value is -2.40. The molecule has 0 amide bonds. The molecule has 0 unspecified atom stereocenters. The number of para-hydroxylation sites is 1. The van der Waals surface area contributed by atoms with E-state index in [1.807, 2.05) is 18.5 Å².